The van der Waals surface area contributed by atoms with Gasteiger partial charge >= 0.3 is 12.0 Å². The summed E-state index contributed by atoms with van der Waals surface area (Å²) < 4.78 is 5.22. The van der Waals surface area contributed by atoms with Crippen molar-refractivity contribution >= 4 is 12.0 Å². The fourth-order valence-corrected chi connectivity index (χ4v) is 2.45. The van der Waals surface area contributed by atoms with Gasteiger partial charge in [0.2, 0.25) is 0 Å². The molecule has 0 bridgehead atoms. The maximum absolute atomic E-state index is 12.6. The number of aliphatic carboxylic acids is 1. The summed E-state index contributed by atoms with van der Waals surface area (Å²) in [4.78, 5) is 26.8. The van der Waals surface area contributed by atoms with E-state index in [-0.39, 0.29) is 38.4 Å². The Labute approximate surface area is 119 Å². The smallest absolute Gasteiger partial charge is 0.320 e. The van der Waals surface area contributed by atoms with Crippen molar-refractivity contribution < 1.29 is 24.5 Å². The highest BCUT2D eigenvalue weighted by Gasteiger charge is 2.40. The normalized spacial score (nSPS) is 22.1. The lowest BCUT2D eigenvalue weighted by molar-refractivity contribution is -0.142. The molecular weight excluding hydrogens is 264 g/mol. The van der Waals surface area contributed by atoms with Gasteiger partial charge in [0, 0.05) is 19.1 Å². The number of carboxylic acids is 1. The zero-order chi connectivity index (χ0) is 15.3. The lowest BCUT2D eigenvalue weighted by Crippen LogP contribution is -2.54. The molecule has 0 aromatic carbocycles. The maximum Gasteiger partial charge on any atom is 0.320 e. The van der Waals surface area contributed by atoms with Crippen LogP contribution in [-0.4, -0.2) is 77.0 Å². The average Bonchev–Trinajstić information content (AvgIpc) is 2.85. The van der Waals surface area contributed by atoms with Crippen LogP contribution in [0.2, 0.25) is 0 Å². The van der Waals surface area contributed by atoms with Gasteiger partial charge in [-0.2, -0.15) is 0 Å². The number of ether oxygens (including phenoxy) is 1. The predicted octanol–water partition coefficient (Wildman–Crippen LogP) is 0.231. The van der Waals surface area contributed by atoms with E-state index in [1.54, 1.807) is 4.90 Å². The number of carbonyl (C=O) groups excluding carboxylic acids is 1. The van der Waals surface area contributed by atoms with Crippen molar-refractivity contribution in [1.29, 1.82) is 0 Å². The number of aliphatic hydroxyl groups is 1. The average molecular weight is 288 g/mol. The first kappa shape index (κ1) is 16.7. The van der Waals surface area contributed by atoms with Crippen molar-refractivity contribution in [3.8, 4) is 0 Å². The number of amides is 2. The largest absolute Gasteiger partial charge is 0.481 e. The lowest BCUT2D eigenvalue weighted by Gasteiger charge is -2.36. The van der Waals surface area contributed by atoms with Gasteiger partial charge in [-0.3, -0.25) is 4.79 Å². The number of hydrogen-bond donors (Lipinski definition) is 2. The van der Waals surface area contributed by atoms with Crippen LogP contribution in [-0.2, 0) is 9.53 Å². The van der Waals surface area contributed by atoms with Gasteiger partial charge < -0.3 is 24.7 Å². The van der Waals surface area contributed by atoms with Crippen LogP contribution in [0.15, 0.2) is 0 Å². The second-order valence-corrected chi connectivity index (χ2v) is 5.13. The van der Waals surface area contributed by atoms with E-state index in [2.05, 4.69) is 0 Å². The van der Waals surface area contributed by atoms with Crippen LogP contribution < -0.4 is 0 Å². The molecule has 2 unspecified atom stereocenters. The first-order chi connectivity index (χ1) is 9.43. The zero-order valence-corrected chi connectivity index (χ0v) is 12.3. The Morgan fingerprint density at radius 2 is 2.00 bits per heavy atom. The topological polar surface area (TPSA) is 90.3 Å². The summed E-state index contributed by atoms with van der Waals surface area (Å²) in [5, 5.41) is 18.3. The third-order valence-corrected chi connectivity index (χ3v) is 3.56. The van der Waals surface area contributed by atoms with Crippen LogP contribution >= 0.6 is 0 Å². The summed E-state index contributed by atoms with van der Waals surface area (Å²) >= 11 is 0. The zero-order valence-electron chi connectivity index (χ0n) is 12.3. The standard InChI is InChI=1S/C13H24N2O5/c1-4-14(11-8-20-7-10(11)12(17)18)13(19)15(5-6-16)9(2)3/h9-11,16H,4-8H2,1-3H3,(H,17,18). The summed E-state index contributed by atoms with van der Waals surface area (Å²) in [6, 6.07) is -0.766. The Hall–Kier alpha value is -1.34. The monoisotopic (exact) mass is 288 g/mol. The van der Waals surface area contributed by atoms with Crippen molar-refractivity contribution in [3.63, 3.8) is 0 Å². The number of carbonyl (C=O) groups is 2. The minimum atomic E-state index is -0.947. The fraction of sp³-hybridized carbons (Fsp3) is 0.846. The van der Waals surface area contributed by atoms with E-state index < -0.39 is 17.9 Å². The number of nitrogens with zero attached hydrogens (tertiary/aromatic N) is 2. The highest BCUT2D eigenvalue weighted by Crippen LogP contribution is 2.21. The van der Waals surface area contributed by atoms with Crippen LogP contribution in [0, 0.1) is 5.92 Å². The van der Waals surface area contributed by atoms with Crippen LogP contribution in [0.3, 0.4) is 0 Å². The molecule has 0 aromatic heterocycles. The number of urea groups is 1. The molecule has 7 nitrogen and oxygen atoms in total. The Bertz CT molecular complexity index is 348. The van der Waals surface area contributed by atoms with Crippen molar-refractivity contribution in [3.05, 3.63) is 0 Å². The second-order valence-electron chi connectivity index (χ2n) is 5.13. The Kier molecular flexibility index (Phi) is 6.22. The maximum atomic E-state index is 12.6. The van der Waals surface area contributed by atoms with Gasteiger partial charge in [0.15, 0.2) is 0 Å². The van der Waals surface area contributed by atoms with Crippen molar-refractivity contribution in [1.82, 2.24) is 9.80 Å². The molecule has 1 rings (SSSR count). The number of likely N-dealkylation sites (N-methyl/N-ethyl adjacent to an activating group) is 1. The highest BCUT2D eigenvalue weighted by atomic mass is 16.5. The first-order valence-corrected chi connectivity index (χ1v) is 6.92. The molecule has 2 atom stereocenters. The van der Waals surface area contributed by atoms with Gasteiger partial charge in [-0.25, -0.2) is 4.79 Å². The summed E-state index contributed by atoms with van der Waals surface area (Å²) in [7, 11) is 0. The quantitative estimate of drug-likeness (QED) is 0.730. The molecule has 2 N–H and O–H groups in total. The molecule has 0 radical (unpaired) electrons. The van der Waals surface area contributed by atoms with Gasteiger partial charge in [0.25, 0.3) is 0 Å². The molecule has 0 saturated carbocycles. The van der Waals surface area contributed by atoms with Crippen molar-refractivity contribution in [2.24, 2.45) is 5.92 Å². The van der Waals surface area contributed by atoms with Crippen LogP contribution in [0.5, 0.6) is 0 Å². The molecule has 1 fully saturated rings. The van der Waals surface area contributed by atoms with Gasteiger partial charge in [0.05, 0.1) is 25.9 Å². The molecular formula is C13H24N2O5. The first-order valence-electron chi connectivity index (χ1n) is 6.92. The number of rotatable bonds is 6. The van der Waals surface area contributed by atoms with E-state index >= 15 is 0 Å². The molecule has 1 heterocycles. The van der Waals surface area contributed by atoms with Gasteiger partial charge in [-0.1, -0.05) is 0 Å². The molecule has 20 heavy (non-hydrogen) atoms. The molecule has 2 amide bonds. The molecule has 1 saturated heterocycles. The predicted molar refractivity (Wildman–Crippen MR) is 72.4 cm³/mol. The Balaban J connectivity index is 2.88. The van der Waals surface area contributed by atoms with Gasteiger partial charge in [-0.05, 0) is 20.8 Å². The summed E-state index contributed by atoms with van der Waals surface area (Å²) in [5.41, 5.74) is 0. The van der Waals surface area contributed by atoms with Crippen molar-refractivity contribution in [2.45, 2.75) is 32.9 Å². The Morgan fingerprint density at radius 3 is 2.45 bits per heavy atom. The third kappa shape index (κ3) is 3.61. The molecule has 0 aromatic rings. The molecule has 1 aliphatic heterocycles. The van der Waals surface area contributed by atoms with Crippen molar-refractivity contribution in [2.75, 3.05) is 32.9 Å². The van der Waals surface area contributed by atoms with Gasteiger partial charge in [-0.15, -0.1) is 0 Å². The van der Waals surface area contributed by atoms with E-state index in [4.69, 9.17) is 9.84 Å². The molecule has 0 spiro atoms. The van der Waals surface area contributed by atoms with Crippen LogP contribution in [0.25, 0.3) is 0 Å². The minimum absolute atomic E-state index is 0.0608. The van der Waals surface area contributed by atoms with E-state index in [1.165, 1.54) is 4.90 Å². The van der Waals surface area contributed by atoms with E-state index in [9.17, 15) is 14.7 Å². The molecule has 7 heteroatoms. The van der Waals surface area contributed by atoms with E-state index in [1.807, 2.05) is 20.8 Å². The van der Waals surface area contributed by atoms with Gasteiger partial charge in [0.1, 0.15) is 5.92 Å². The van der Waals surface area contributed by atoms with Crippen LogP contribution in [0.1, 0.15) is 20.8 Å². The molecule has 116 valence electrons. The van der Waals surface area contributed by atoms with E-state index in [0.29, 0.717) is 6.54 Å². The lowest BCUT2D eigenvalue weighted by atomic mass is 10.0. The molecule has 0 aliphatic carbocycles. The highest BCUT2D eigenvalue weighted by molar-refractivity contribution is 5.77. The third-order valence-electron chi connectivity index (χ3n) is 3.56. The SMILES string of the molecule is CCN(C(=O)N(CCO)C(C)C)C1COCC1C(=O)O. The summed E-state index contributed by atoms with van der Waals surface area (Å²) in [6.07, 6.45) is 0. The summed E-state index contributed by atoms with van der Waals surface area (Å²) in [6.45, 7) is 6.43. The minimum Gasteiger partial charge on any atom is -0.481 e. The number of hydrogen-bond acceptors (Lipinski definition) is 4. The number of carboxylic acid groups (broad SMARTS) is 1. The fourth-order valence-electron chi connectivity index (χ4n) is 2.45. The van der Waals surface area contributed by atoms with Crippen LogP contribution in [0.4, 0.5) is 4.79 Å². The molecule has 1 aliphatic rings. The second kappa shape index (κ2) is 7.44. The Morgan fingerprint density at radius 1 is 1.35 bits per heavy atom. The van der Waals surface area contributed by atoms with E-state index in [0.717, 1.165) is 0 Å². The number of aliphatic hydroxyl groups excluding tert-OH is 1. The summed E-state index contributed by atoms with van der Waals surface area (Å²) in [5.74, 6) is -1.64.